The number of benzene rings is 2. The maximum Gasteiger partial charge on any atom is 0.348 e. The number of hydrogen-bond donors (Lipinski definition) is 1. The van der Waals surface area contributed by atoms with Crippen molar-refractivity contribution >= 4 is 17.9 Å². The van der Waals surface area contributed by atoms with Crippen molar-refractivity contribution in [3.63, 3.8) is 0 Å². The van der Waals surface area contributed by atoms with Gasteiger partial charge in [-0.3, -0.25) is 9.59 Å². The van der Waals surface area contributed by atoms with Crippen molar-refractivity contribution < 1.29 is 33.7 Å². The number of carbonyl (C=O) groups excluding carboxylic acids is 2. The molecule has 7 nitrogen and oxygen atoms in total. The lowest BCUT2D eigenvalue weighted by molar-refractivity contribution is -0.195. The van der Waals surface area contributed by atoms with Gasteiger partial charge in [-0.25, -0.2) is 4.79 Å². The van der Waals surface area contributed by atoms with E-state index in [0.717, 1.165) is 12.8 Å². The Bertz CT molecular complexity index is 1150. The molecule has 5 rings (SSSR count). The van der Waals surface area contributed by atoms with Crippen LogP contribution in [0, 0.1) is 17.8 Å². The van der Waals surface area contributed by atoms with Crippen molar-refractivity contribution in [2.24, 2.45) is 17.8 Å². The van der Waals surface area contributed by atoms with Gasteiger partial charge in [-0.1, -0.05) is 72.3 Å². The summed E-state index contributed by atoms with van der Waals surface area (Å²) >= 11 is 0. The SMILES string of the molecule is O=C(O)CCC(=O)OCOC(C(=O)OC1CC2CCC(C1)C2C1=CCCCC1)(c1ccccc1)c1ccccc1. The van der Waals surface area contributed by atoms with Gasteiger partial charge >= 0.3 is 17.9 Å². The maximum atomic E-state index is 14.3. The van der Waals surface area contributed by atoms with Crippen LogP contribution in [-0.4, -0.2) is 35.9 Å². The number of esters is 2. The molecule has 0 radical (unpaired) electrons. The molecule has 2 aromatic rings. The smallest absolute Gasteiger partial charge is 0.348 e. The fraction of sp³-hybridized carbons (Fsp3) is 0.485. The van der Waals surface area contributed by atoms with Crippen molar-refractivity contribution in [2.45, 2.75) is 75.9 Å². The van der Waals surface area contributed by atoms with Gasteiger partial charge in [-0.05, 0) is 80.2 Å². The summed E-state index contributed by atoms with van der Waals surface area (Å²) in [6.45, 7) is -0.524. The molecule has 40 heavy (non-hydrogen) atoms. The largest absolute Gasteiger partial charge is 0.481 e. The second-order valence-electron chi connectivity index (χ2n) is 11.2. The lowest BCUT2D eigenvalue weighted by atomic mass is 9.71. The Morgan fingerprint density at radius 3 is 2.02 bits per heavy atom. The molecule has 0 heterocycles. The molecule has 0 amide bonds. The fourth-order valence-electron chi connectivity index (χ4n) is 7.01. The minimum atomic E-state index is -1.66. The van der Waals surface area contributed by atoms with Gasteiger partial charge in [0.25, 0.3) is 0 Å². The van der Waals surface area contributed by atoms with Crippen molar-refractivity contribution in [1.82, 2.24) is 0 Å². The third-order valence-corrected chi connectivity index (χ3v) is 8.77. The lowest BCUT2D eigenvalue weighted by Crippen LogP contribution is -2.45. The van der Waals surface area contributed by atoms with Crippen LogP contribution >= 0.6 is 0 Å². The van der Waals surface area contributed by atoms with E-state index in [4.69, 9.17) is 19.3 Å². The third kappa shape index (κ3) is 6.15. The van der Waals surface area contributed by atoms with E-state index in [1.165, 1.54) is 38.5 Å². The number of aliphatic carboxylic acids is 1. The van der Waals surface area contributed by atoms with Gasteiger partial charge in [-0.2, -0.15) is 0 Å². The summed E-state index contributed by atoms with van der Waals surface area (Å²) < 4.78 is 17.7. The summed E-state index contributed by atoms with van der Waals surface area (Å²) in [6, 6.07) is 18.2. The Morgan fingerprint density at radius 2 is 1.48 bits per heavy atom. The van der Waals surface area contributed by atoms with Crippen molar-refractivity contribution in [3.05, 3.63) is 83.4 Å². The summed E-state index contributed by atoms with van der Waals surface area (Å²) in [5.41, 5.74) is 1.10. The van der Waals surface area contributed by atoms with Crippen LogP contribution in [0.2, 0.25) is 0 Å². The predicted octanol–water partition coefficient (Wildman–Crippen LogP) is 6.16. The van der Waals surface area contributed by atoms with Crippen LogP contribution in [0.4, 0.5) is 0 Å². The molecule has 2 unspecified atom stereocenters. The minimum absolute atomic E-state index is 0.209. The Balaban J connectivity index is 1.37. The van der Waals surface area contributed by atoms with Crippen LogP contribution in [0.5, 0.6) is 0 Å². The van der Waals surface area contributed by atoms with Crippen LogP contribution in [0.25, 0.3) is 0 Å². The number of allylic oxidation sites excluding steroid dienone is 2. The molecule has 2 atom stereocenters. The Kier molecular flexibility index (Phi) is 9.00. The molecule has 2 aromatic carbocycles. The number of carboxylic acid groups (broad SMARTS) is 1. The molecule has 7 heteroatoms. The second-order valence-corrected chi connectivity index (χ2v) is 11.2. The predicted molar refractivity (Wildman–Crippen MR) is 148 cm³/mol. The first-order valence-corrected chi connectivity index (χ1v) is 14.5. The molecular formula is C33H38O7. The first-order chi connectivity index (χ1) is 19.5. The van der Waals surface area contributed by atoms with Crippen LogP contribution in [0.1, 0.15) is 75.3 Å². The van der Waals surface area contributed by atoms with Gasteiger partial charge in [0.05, 0.1) is 12.8 Å². The summed E-state index contributed by atoms with van der Waals surface area (Å²) in [7, 11) is 0. The number of fused-ring (bicyclic) bond motifs is 2. The van der Waals surface area contributed by atoms with Crippen LogP contribution in [0.15, 0.2) is 72.3 Å². The van der Waals surface area contributed by atoms with Gasteiger partial charge in [0.1, 0.15) is 6.10 Å². The molecule has 2 bridgehead atoms. The van der Waals surface area contributed by atoms with E-state index in [-0.39, 0.29) is 18.9 Å². The first kappa shape index (κ1) is 28.1. The second kappa shape index (κ2) is 12.8. The molecule has 0 spiro atoms. The molecule has 0 aromatic heterocycles. The topological polar surface area (TPSA) is 99.1 Å². The first-order valence-electron chi connectivity index (χ1n) is 14.5. The zero-order chi connectivity index (χ0) is 28.0. The Labute approximate surface area is 235 Å². The molecule has 2 saturated carbocycles. The quantitative estimate of drug-likeness (QED) is 0.205. The van der Waals surface area contributed by atoms with Gasteiger partial charge in [-0.15, -0.1) is 0 Å². The molecule has 3 aliphatic rings. The highest BCUT2D eigenvalue weighted by molar-refractivity contribution is 5.86. The number of carboxylic acids is 1. The normalized spacial score (nSPS) is 24.1. The van der Waals surface area contributed by atoms with Crippen LogP contribution in [0.3, 0.4) is 0 Å². The minimum Gasteiger partial charge on any atom is -0.481 e. The van der Waals surface area contributed by atoms with Gasteiger partial charge in [0, 0.05) is 0 Å². The van der Waals surface area contributed by atoms with Gasteiger partial charge in [0.2, 0.25) is 5.60 Å². The van der Waals surface area contributed by atoms with E-state index in [1.54, 1.807) is 29.8 Å². The maximum absolute atomic E-state index is 14.3. The molecule has 212 valence electrons. The molecule has 2 fully saturated rings. The molecule has 3 aliphatic carbocycles. The van der Waals surface area contributed by atoms with E-state index < -0.39 is 30.3 Å². The molecular weight excluding hydrogens is 508 g/mol. The van der Waals surface area contributed by atoms with E-state index in [2.05, 4.69) is 6.08 Å². The van der Waals surface area contributed by atoms with E-state index >= 15 is 0 Å². The van der Waals surface area contributed by atoms with Gasteiger partial charge < -0.3 is 19.3 Å². The summed E-state index contributed by atoms with van der Waals surface area (Å²) in [6.07, 6.45) is 10.6. The zero-order valence-electron chi connectivity index (χ0n) is 22.8. The van der Waals surface area contributed by atoms with E-state index in [1.807, 2.05) is 36.4 Å². The summed E-state index contributed by atoms with van der Waals surface area (Å²) in [4.78, 5) is 37.3. The standard InChI is InChI=1S/C33H38O7/c34-29(35)18-19-30(36)38-22-39-33(26-12-6-2-7-13-26,27-14-8-3-9-15-27)32(37)40-28-20-24-16-17-25(21-28)31(24)23-10-4-1-5-11-23/h2-3,6-10,12-15,24-25,28,31H,1,4-5,11,16-22H2,(H,34,35). The third-order valence-electron chi connectivity index (χ3n) is 8.77. The zero-order valence-corrected chi connectivity index (χ0v) is 22.8. The van der Waals surface area contributed by atoms with Crippen LogP contribution in [-0.2, 0) is 34.2 Å². The van der Waals surface area contributed by atoms with Crippen molar-refractivity contribution in [3.8, 4) is 0 Å². The average Bonchev–Trinajstić information content (AvgIpc) is 3.25. The molecule has 1 N–H and O–H groups in total. The van der Waals surface area contributed by atoms with Crippen LogP contribution < -0.4 is 0 Å². The van der Waals surface area contributed by atoms with E-state index in [9.17, 15) is 14.4 Å². The number of ether oxygens (including phenoxy) is 3. The fourth-order valence-corrected chi connectivity index (χ4v) is 7.01. The average molecular weight is 547 g/mol. The number of rotatable bonds is 11. The highest BCUT2D eigenvalue weighted by Crippen LogP contribution is 2.52. The van der Waals surface area contributed by atoms with Crippen molar-refractivity contribution in [1.29, 1.82) is 0 Å². The highest BCUT2D eigenvalue weighted by atomic mass is 16.7. The Morgan fingerprint density at radius 1 is 0.850 bits per heavy atom. The number of hydrogen-bond acceptors (Lipinski definition) is 6. The monoisotopic (exact) mass is 546 g/mol. The van der Waals surface area contributed by atoms with E-state index in [0.29, 0.717) is 28.9 Å². The number of carbonyl (C=O) groups is 3. The summed E-state index contributed by atoms with van der Waals surface area (Å²) in [5.74, 6) is -0.666. The Hall–Kier alpha value is -3.45. The summed E-state index contributed by atoms with van der Waals surface area (Å²) in [5, 5.41) is 8.87. The van der Waals surface area contributed by atoms with Crippen molar-refractivity contribution in [2.75, 3.05) is 6.79 Å². The molecule has 0 saturated heterocycles. The molecule has 0 aliphatic heterocycles. The van der Waals surface area contributed by atoms with Gasteiger partial charge in [0.15, 0.2) is 6.79 Å². The highest BCUT2D eigenvalue weighted by Gasteiger charge is 2.50. The lowest BCUT2D eigenvalue weighted by Gasteiger charge is -2.39.